The summed E-state index contributed by atoms with van der Waals surface area (Å²) >= 11 is 0. The van der Waals surface area contributed by atoms with Gasteiger partial charge in [-0.3, -0.25) is 9.59 Å². The molecule has 0 fully saturated rings. The molecule has 1 aromatic heterocycles. The molecule has 2 aromatic carbocycles. The van der Waals surface area contributed by atoms with E-state index in [9.17, 15) is 14.0 Å². The standard InChI is InChI=1S/C21H20FN3O2/c1-14-4-10-17(11-5-14)23-20(27)21(2,3)25-19(26)13-12-18(24-25)15-6-8-16(22)9-7-15/h4-13H,1-3H3,(H,23,27). The highest BCUT2D eigenvalue weighted by Crippen LogP contribution is 2.20. The Morgan fingerprint density at radius 3 is 2.26 bits per heavy atom. The van der Waals surface area contributed by atoms with Crippen LogP contribution in [0.4, 0.5) is 10.1 Å². The monoisotopic (exact) mass is 365 g/mol. The Kier molecular flexibility index (Phi) is 4.90. The van der Waals surface area contributed by atoms with Crippen LogP contribution in [0.1, 0.15) is 19.4 Å². The van der Waals surface area contributed by atoms with Gasteiger partial charge >= 0.3 is 0 Å². The van der Waals surface area contributed by atoms with E-state index in [2.05, 4.69) is 10.4 Å². The summed E-state index contributed by atoms with van der Waals surface area (Å²) in [6.07, 6.45) is 0. The van der Waals surface area contributed by atoms with Crippen LogP contribution < -0.4 is 10.9 Å². The number of halogens is 1. The molecule has 6 heteroatoms. The number of carbonyl (C=O) groups is 1. The number of anilines is 1. The lowest BCUT2D eigenvalue weighted by molar-refractivity contribution is -0.123. The summed E-state index contributed by atoms with van der Waals surface area (Å²) in [7, 11) is 0. The first-order valence-electron chi connectivity index (χ1n) is 8.52. The van der Waals surface area contributed by atoms with E-state index in [1.165, 1.54) is 18.2 Å². The highest BCUT2D eigenvalue weighted by molar-refractivity contribution is 5.96. The first-order chi connectivity index (χ1) is 12.8. The van der Waals surface area contributed by atoms with E-state index >= 15 is 0 Å². The van der Waals surface area contributed by atoms with E-state index in [1.807, 2.05) is 19.1 Å². The largest absolute Gasteiger partial charge is 0.324 e. The van der Waals surface area contributed by atoms with Crippen molar-refractivity contribution in [3.05, 3.63) is 82.4 Å². The fourth-order valence-electron chi connectivity index (χ4n) is 2.60. The highest BCUT2D eigenvalue weighted by atomic mass is 19.1. The molecule has 0 atom stereocenters. The summed E-state index contributed by atoms with van der Waals surface area (Å²) in [5.74, 6) is -0.720. The molecule has 0 aliphatic carbocycles. The van der Waals surface area contributed by atoms with E-state index in [-0.39, 0.29) is 11.7 Å². The smallest absolute Gasteiger partial charge is 0.267 e. The van der Waals surface area contributed by atoms with Crippen molar-refractivity contribution in [2.45, 2.75) is 26.3 Å². The molecule has 0 saturated carbocycles. The van der Waals surface area contributed by atoms with Gasteiger partial charge in [0.15, 0.2) is 0 Å². The lowest BCUT2D eigenvalue weighted by Gasteiger charge is -2.25. The molecule has 0 bridgehead atoms. The predicted octanol–water partition coefficient (Wildman–Crippen LogP) is 3.73. The molecule has 0 saturated heterocycles. The summed E-state index contributed by atoms with van der Waals surface area (Å²) in [4.78, 5) is 25.2. The van der Waals surface area contributed by atoms with Crippen molar-refractivity contribution in [2.24, 2.45) is 0 Å². The summed E-state index contributed by atoms with van der Waals surface area (Å²) in [6.45, 7) is 5.21. The second kappa shape index (κ2) is 7.15. The van der Waals surface area contributed by atoms with Gasteiger partial charge in [0.05, 0.1) is 5.69 Å². The van der Waals surface area contributed by atoms with Crippen LogP contribution in [0.5, 0.6) is 0 Å². The maximum atomic E-state index is 13.1. The molecular formula is C21H20FN3O2. The zero-order valence-electron chi connectivity index (χ0n) is 15.4. The van der Waals surface area contributed by atoms with Gasteiger partial charge in [0.2, 0.25) is 0 Å². The van der Waals surface area contributed by atoms with Crippen LogP contribution in [0.15, 0.2) is 65.5 Å². The molecular weight excluding hydrogens is 345 g/mol. The molecule has 3 aromatic rings. The Hall–Kier alpha value is -3.28. The Morgan fingerprint density at radius 1 is 1.00 bits per heavy atom. The average Bonchev–Trinajstić information content (AvgIpc) is 2.64. The second-order valence-electron chi connectivity index (χ2n) is 6.85. The van der Waals surface area contributed by atoms with Gasteiger partial charge in [-0.2, -0.15) is 5.10 Å². The van der Waals surface area contributed by atoms with Crippen LogP contribution in [-0.2, 0) is 10.3 Å². The van der Waals surface area contributed by atoms with Crippen molar-refractivity contribution in [3.63, 3.8) is 0 Å². The third-order valence-electron chi connectivity index (χ3n) is 4.33. The van der Waals surface area contributed by atoms with Gasteiger partial charge < -0.3 is 5.32 Å². The molecule has 0 aliphatic rings. The van der Waals surface area contributed by atoms with Gasteiger partial charge in [0.25, 0.3) is 11.5 Å². The molecule has 1 N–H and O–H groups in total. The Balaban J connectivity index is 1.94. The van der Waals surface area contributed by atoms with E-state index in [0.717, 1.165) is 10.2 Å². The number of aromatic nitrogens is 2. The molecule has 1 heterocycles. The van der Waals surface area contributed by atoms with Gasteiger partial charge in [-0.05, 0) is 63.2 Å². The molecule has 3 rings (SSSR count). The molecule has 27 heavy (non-hydrogen) atoms. The van der Waals surface area contributed by atoms with Crippen molar-refractivity contribution >= 4 is 11.6 Å². The molecule has 5 nitrogen and oxygen atoms in total. The van der Waals surface area contributed by atoms with Gasteiger partial charge in [-0.15, -0.1) is 0 Å². The van der Waals surface area contributed by atoms with E-state index < -0.39 is 11.1 Å². The van der Waals surface area contributed by atoms with Crippen LogP contribution >= 0.6 is 0 Å². The Bertz CT molecular complexity index is 1020. The Morgan fingerprint density at radius 2 is 1.63 bits per heavy atom. The summed E-state index contributed by atoms with van der Waals surface area (Å²) < 4.78 is 14.3. The van der Waals surface area contributed by atoms with E-state index in [1.54, 1.807) is 44.2 Å². The fourth-order valence-corrected chi connectivity index (χ4v) is 2.60. The molecule has 0 radical (unpaired) electrons. The highest BCUT2D eigenvalue weighted by Gasteiger charge is 2.32. The molecule has 138 valence electrons. The number of nitrogens with one attached hydrogen (secondary N) is 1. The van der Waals surface area contributed by atoms with Crippen molar-refractivity contribution in [1.82, 2.24) is 9.78 Å². The topological polar surface area (TPSA) is 64.0 Å². The van der Waals surface area contributed by atoms with Crippen LogP contribution in [0.3, 0.4) is 0 Å². The third kappa shape index (κ3) is 3.95. The summed E-state index contributed by atoms with van der Waals surface area (Å²) in [5.41, 5.74) is 1.23. The lowest BCUT2D eigenvalue weighted by Crippen LogP contribution is -2.47. The minimum absolute atomic E-state index is 0.357. The summed E-state index contributed by atoms with van der Waals surface area (Å²) in [5, 5.41) is 7.16. The maximum absolute atomic E-state index is 13.1. The number of nitrogens with zero attached hydrogens (tertiary/aromatic N) is 2. The third-order valence-corrected chi connectivity index (χ3v) is 4.33. The van der Waals surface area contributed by atoms with Gasteiger partial charge in [-0.1, -0.05) is 17.7 Å². The van der Waals surface area contributed by atoms with E-state index in [4.69, 9.17) is 0 Å². The minimum Gasteiger partial charge on any atom is -0.324 e. The molecule has 0 unspecified atom stereocenters. The first-order valence-corrected chi connectivity index (χ1v) is 8.52. The van der Waals surface area contributed by atoms with Crippen molar-refractivity contribution in [3.8, 4) is 11.3 Å². The fraction of sp³-hybridized carbons (Fsp3) is 0.190. The van der Waals surface area contributed by atoms with Crippen LogP contribution in [0.25, 0.3) is 11.3 Å². The SMILES string of the molecule is Cc1ccc(NC(=O)C(C)(C)n2nc(-c3ccc(F)cc3)ccc2=O)cc1. The molecule has 0 aliphatic heterocycles. The van der Waals surface area contributed by atoms with Crippen molar-refractivity contribution in [2.75, 3.05) is 5.32 Å². The second-order valence-corrected chi connectivity index (χ2v) is 6.85. The van der Waals surface area contributed by atoms with Crippen LogP contribution in [-0.4, -0.2) is 15.7 Å². The lowest BCUT2D eigenvalue weighted by atomic mass is 10.0. The number of carbonyl (C=O) groups excluding carboxylic acids is 1. The van der Waals surface area contributed by atoms with E-state index in [0.29, 0.717) is 16.9 Å². The quantitative estimate of drug-likeness (QED) is 0.766. The predicted molar refractivity (Wildman–Crippen MR) is 103 cm³/mol. The number of benzene rings is 2. The number of amides is 1. The number of hydrogen-bond acceptors (Lipinski definition) is 3. The molecule has 1 amide bonds. The number of hydrogen-bond donors (Lipinski definition) is 1. The number of rotatable bonds is 4. The zero-order valence-corrected chi connectivity index (χ0v) is 15.4. The van der Waals surface area contributed by atoms with Gasteiger partial charge in [0, 0.05) is 17.3 Å². The zero-order chi connectivity index (χ0) is 19.6. The van der Waals surface area contributed by atoms with Gasteiger partial charge in [0.1, 0.15) is 11.4 Å². The van der Waals surface area contributed by atoms with Crippen molar-refractivity contribution < 1.29 is 9.18 Å². The molecule has 0 spiro atoms. The van der Waals surface area contributed by atoms with Crippen molar-refractivity contribution in [1.29, 1.82) is 0 Å². The maximum Gasteiger partial charge on any atom is 0.267 e. The van der Waals surface area contributed by atoms with Crippen LogP contribution in [0, 0.1) is 12.7 Å². The number of aryl methyl sites for hydroxylation is 1. The normalized spacial score (nSPS) is 11.3. The van der Waals surface area contributed by atoms with Gasteiger partial charge in [-0.25, -0.2) is 9.07 Å². The minimum atomic E-state index is -1.22. The summed E-state index contributed by atoms with van der Waals surface area (Å²) in [6, 6.07) is 16.1. The average molecular weight is 365 g/mol. The Labute approximate surface area is 156 Å². The first kappa shape index (κ1) is 18.5. The van der Waals surface area contributed by atoms with Crippen LogP contribution in [0.2, 0.25) is 0 Å².